The highest BCUT2D eigenvalue weighted by molar-refractivity contribution is 5.80. The SMILES string of the molecule is C[C@H](C(=O)N1CCOCC1)n1nc2c(cc1=O)CCC2. The number of carbonyl (C=O) groups excluding carboxylic acids is 1. The van der Waals surface area contributed by atoms with E-state index in [0.29, 0.717) is 26.3 Å². The fraction of sp³-hybridized carbons (Fsp3) is 0.643. The predicted molar refractivity (Wildman–Crippen MR) is 72.6 cm³/mol. The molecule has 0 aromatic carbocycles. The van der Waals surface area contributed by atoms with Crippen molar-refractivity contribution in [1.29, 1.82) is 0 Å². The Labute approximate surface area is 117 Å². The lowest BCUT2D eigenvalue weighted by Crippen LogP contribution is -2.45. The summed E-state index contributed by atoms with van der Waals surface area (Å²) in [5, 5.41) is 4.39. The molecule has 2 heterocycles. The number of aromatic nitrogens is 2. The van der Waals surface area contributed by atoms with E-state index in [2.05, 4.69) is 5.10 Å². The van der Waals surface area contributed by atoms with Crippen LogP contribution in [-0.4, -0.2) is 46.9 Å². The second-order valence-electron chi connectivity index (χ2n) is 5.37. The van der Waals surface area contributed by atoms with Crippen LogP contribution in [0.4, 0.5) is 0 Å². The summed E-state index contributed by atoms with van der Waals surface area (Å²) in [5.74, 6) is -0.0548. The van der Waals surface area contributed by atoms with E-state index in [0.717, 1.165) is 30.5 Å². The van der Waals surface area contributed by atoms with E-state index in [1.807, 2.05) is 0 Å². The molecular weight excluding hydrogens is 258 g/mol. The highest BCUT2D eigenvalue weighted by Gasteiger charge is 2.26. The molecule has 1 amide bonds. The summed E-state index contributed by atoms with van der Waals surface area (Å²) in [6.07, 6.45) is 2.86. The number of hydrogen-bond acceptors (Lipinski definition) is 4. The molecule has 0 bridgehead atoms. The molecule has 20 heavy (non-hydrogen) atoms. The quantitative estimate of drug-likeness (QED) is 0.772. The minimum absolute atomic E-state index is 0.0548. The molecule has 6 nitrogen and oxygen atoms in total. The number of morpholine rings is 1. The number of carbonyl (C=O) groups is 1. The molecule has 0 unspecified atom stereocenters. The van der Waals surface area contributed by atoms with Crippen molar-refractivity contribution in [3.63, 3.8) is 0 Å². The minimum atomic E-state index is -0.550. The number of fused-ring (bicyclic) bond motifs is 1. The van der Waals surface area contributed by atoms with Crippen LogP contribution in [0.3, 0.4) is 0 Å². The van der Waals surface area contributed by atoms with Gasteiger partial charge in [0.25, 0.3) is 5.56 Å². The molecule has 1 aromatic heterocycles. The number of nitrogens with zero attached hydrogens (tertiary/aromatic N) is 3. The molecule has 6 heteroatoms. The van der Waals surface area contributed by atoms with Crippen molar-refractivity contribution in [3.05, 3.63) is 27.7 Å². The molecule has 2 aliphatic rings. The lowest BCUT2D eigenvalue weighted by molar-refractivity contribution is -0.138. The largest absolute Gasteiger partial charge is 0.378 e. The Morgan fingerprint density at radius 2 is 2.10 bits per heavy atom. The summed E-state index contributed by atoms with van der Waals surface area (Å²) in [5.41, 5.74) is 1.82. The van der Waals surface area contributed by atoms with Gasteiger partial charge in [0.15, 0.2) is 0 Å². The smallest absolute Gasteiger partial charge is 0.267 e. The molecule has 1 atom stereocenters. The van der Waals surface area contributed by atoms with Crippen LogP contribution in [0.15, 0.2) is 10.9 Å². The second kappa shape index (κ2) is 5.36. The zero-order valence-electron chi connectivity index (χ0n) is 11.7. The van der Waals surface area contributed by atoms with E-state index >= 15 is 0 Å². The number of hydrogen-bond donors (Lipinski definition) is 0. The first kappa shape index (κ1) is 13.3. The lowest BCUT2D eigenvalue weighted by atomic mass is 10.2. The summed E-state index contributed by atoms with van der Waals surface area (Å²) in [4.78, 5) is 26.3. The summed E-state index contributed by atoms with van der Waals surface area (Å²) in [7, 11) is 0. The lowest BCUT2D eigenvalue weighted by Gasteiger charge is -2.29. The molecule has 0 radical (unpaired) electrons. The molecule has 1 aliphatic heterocycles. The van der Waals surface area contributed by atoms with Crippen LogP contribution in [0.2, 0.25) is 0 Å². The monoisotopic (exact) mass is 277 g/mol. The molecular formula is C14H19N3O3. The maximum atomic E-state index is 12.4. The van der Waals surface area contributed by atoms with Gasteiger partial charge in [0.05, 0.1) is 18.9 Å². The molecule has 3 rings (SSSR count). The van der Waals surface area contributed by atoms with Crippen LogP contribution in [0.1, 0.15) is 30.6 Å². The minimum Gasteiger partial charge on any atom is -0.378 e. The van der Waals surface area contributed by atoms with E-state index in [1.165, 1.54) is 4.68 Å². The third-order valence-electron chi connectivity index (χ3n) is 4.03. The maximum absolute atomic E-state index is 12.4. The van der Waals surface area contributed by atoms with Crippen molar-refractivity contribution in [2.75, 3.05) is 26.3 Å². The first-order chi connectivity index (χ1) is 9.66. The van der Waals surface area contributed by atoms with Gasteiger partial charge >= 0.3 is 0 Å². The van der Waals surface area contributed by atoms with E-state index in [4.69, 9.17) is 4.74 Å². The average Bonchev–Trinajstić information content (AvgIpc) is 2.93. The second-order valence-corrected chi connectivity index (χ2v) is 5.37. The number of rotatable bonds is 2. The Bertz CT molecular complexity index is 576. The van der Waals surface area contributed by atoms with Gasteiger partial charge in [-0.05, 0) is 31.7 Å². The first-order valence-corrected chi connectivity index (χ1v) is 7.15. The maximum Gasteiger partial charge on any atom is 0.267 e. The topological polar surface area (TPSA) is 64.4 Å². The average molecular weight is 277 g/mol. The first-order valence-electron chi connectivity index (χ1n) is 7.15. The Balaban J connectivity index is 1.84. The Hall–Kier alpha value is -1.69. The number of amides is 1. The predicted octanol–water partition coefficient (Wildman–Crippen LogP) is 0.152. The van der Waals surface area contributed by atoms with Gasteiger partial charge in [-0.3, -0.25) is 9.59 Å². The van der Waals surface area contributed by atoms with Gasteiger partial charge in [-0.15, -0.1) is 0 Å². The van der Waals surface area contributed by atoms with E-state index in [-0.39, 0.29) is 11.5 Å². The van der Waals surface area contributed by atoms with Crippen LogP contribution in [0, 0.1) is 0 Å². The third-order valence-corrected chi connectivity index (χ3v) is 4.03. The molecule has 1 fully saturated rings. The normalized spacial score (nSPS) is 19.8. The zero-order chi connectivity index (χ0) is 14.1. The Morgan fingerprint density at radius 3 is 2.85 bits per heavy atom. The van der Waals surface area contributed by atoms with Crippen LogP contribution in [0.5, 0.6) is 0 Å². The third kappa shape index (κ3) is 2.35. The van der Waals surface area contributed by atoms with E-state index in [9.17, 15) is 9.59 Å². The molecule has 1 saturated heterocycles. The summed E-state index contributed by atoms with van der Waals surface area (Å²) >= 11 is 0. The highest BCUT2D eigenvalue weighted by Crippen LogP contribution is 2.18. The molecule has 1 aliphatic carbocycles. The van der Waals surface area contributed by atoms with Gasteiger partial charge in [-0.25, -0.2) is 4.68 Å². The highest BCUT2D eigenvalue weighted by atomic mass is 16.5. The summed E-state index contributed by atoms with van der Waals surface area (Å²) in [6.45, 7) is 4.04. The van der Waals surface area contributed by atoms with Gasteiger partial charge in [0.2, 0.25) is 5.91 Å². The van der Waals surface area contributed by atoms with Gasteiger partial charge in [-0.2, -0.15) is 5.10 Å². The molecule has 108 valence electrons. The molecule has 0 spiro atoms. The fourth-order valence-corrected chi connectivity index (χ4v) is 2.85. The summed E-state index contributed by atoms with van der Waals surface area (Å²) in [6, 6.07) is 1.09. The van der Waals surface area contributed by atoms with Crippen molar-refractivity contribution in [1.82, 2.24) is 14.7 Å². The van der Waals surface area contributed by atoms with Crippen molar-refractivity contribution in [2.24, 2.45) is 0 Å². The van der Waals surface area contributed by atoms with Crippen LogP contribution in [0.25, 0.3) is 0 Å². The van der Waals surface area contributed by atoms with E-state index < -0.39 is 6.04 Å². The van der Waals surface area contributed by atoms with Crippen LogP contribution >= 0.6 is 0 Å². The fourth-order valence-electron chi connectivity index (χ4n) is 2.85. The van der Waals surface area contributed by atoms with Gasteiger partial charge in [-0.1, -0.05) is 0 Å². The van der Waals surface area contributed by atoms with Crippen molar-refractivity contribution < 1.29 is 9.53 Å². The van der Waals surface area contributed by atoms with Gasteiger partial charge in [0, 0.05) is 19.2 Å². The van der Waals surface area contributed by atoms with E-state index in [1.54, 1.807) is 17.9 Å². The van der Waals surface area contributed by atoms with Crippen molar-refractivity contribution in [3.8, 4) is 0 Å². The Morgan fingerprint density at radius 1 is 1.35 bits per heavy atom. The van der Waals surface area contributed by atoms with Gasteiger partial charge < -0.3 is 9.64 Å². The standard InChI is InChI=1S/C14H19N3O3/c1-10(14(19)16-5-7-20-8-6-16)17-13(18)9-11-3-2-4-12(11)15-17/h9-10H,2-8H2,1H3/t10-/m1/s1. The number of aryl methyl sites for hydroxylation is 2. The van der Waals surface area contributed by atoms with Crippen molar-refractivity contribution >= 4 is 5.91 Å². The number of ether oxygens (including phenoxy) is 1. The molecule has 0 N–H and O–H groups in total. The Kier molecular flexibility index (Phi) is 3.56. The molecule has 0 saturated carbocycles. The summed E-state index contributed by atoms with van der Waals surface area (Å²) < 4.78 is 6.58. The van der Waals surface area contributed by atoms with Crippen LogP contribution < -0.4 is 5.56 Å². The van der Waals surface area contributed by atoms with Crippen LogP contribution in [-0.2, 0) is 22.4 Å². The van der Waals surface area contributed by atoms with Gasteiger partial charge in [0.1, 0.15) is 6.04 Å². The molecule has 1 aromatic rings. The van der Waals surface area contributed by atoms with Crippen molar-refractivity contribution in [2.45, 2.75) is 32.2 Å². The zero-order valence-corrected chi connectivity index (χ0v) is 11.7.